The number of nitrogens with zero attached hydrogens (tertiary/aromatic N) is 1. The van der Waals surface area contributed by atoms with Gasteiger partial charge in [0, 0.05) is 28.1 Å². The molecule has 0 amide bonds. The molecule has 0 aliphatic rings. The Balaban J connectivity index is 1.95. The van der Waals surface area contributed by atoms with Crippen LogP contribution in [-0.2, 0) is 0 Å². The minimum absolute atomic E-state index is 0.424. The van der Waals surface area contributed by atoms with Gasteiger partial charge >= 0.3 is 0 Å². The zero-order valence-corrected chi connectivity index (χ0v) is 13.4. The van der Waals surface area contributed by atoms with E-state index in [1.807, 2.05) is 48.5 Å². The Bertz CT molecular complexity index is 794. The van der Waals surface area contributed by atoms with E-state index in [4.69, 9.17) is 22.3 Å². The summed E-state index contributed by atoms with van der Waals surface area (Å²) in [7, 11) is 0. The number of rotatable bonds is 4. The summed E-state index contributed by atoms with van der Waals surface area (Å²) in [4.78, 5) is 4.70. The Morgan fingerprint density at radius 3 is 2.55 bits per heavy atom. The number of nitrogens with two attached hydrogens (primary N) is 1. The normalized spacial score (nSPS) is 11.6. The zero-order valence-electron chi connectivity index (χ0n) is 11.9. The predicted octanol–water partition coefficient (Wildman–Crippen LogP) is 4.96. The average Bonchev–Trinajstić information content (AvgIpc) is 3.05. The first-order chi connectivity index (χ1) is 10.8. The van der Waals surface area contributed by atoms with Gasteiger partial charge in [-0.25, -0.2) is 4.98 Å². The Morgan fingerprint density at radius 1 is 1.09 bits per heavy atom. The van der Waals surface area contributed by atoms with Crippen LogP contribution in [-0.4, -0.2) is 11.5 Å². The smallest absolute Gasteiger partial charge is 0.121 e. The van der Waals surface area contributed by atoms with Crippen molar-refractivity contribution in [3.05, 3.63) is 75.6 Å². The third kappa shape index (κ3) is 3.28. The van der Waals surface area contributed by atoms with Crippen molar-refractivity contribution in [1.82, 2.24) is 4.98 Å². The molecule has 0 atom stereocenters. The van der Waals surface area contributed by atoms with Crippen molar-refractivity contribution in [1.29, 1.82) is 0 Å². The second kappa shape index (κ2) is 6.88. The molecular weight excluding hydrogens is 312 g/mol. The van der Waals surface area contributed by atoms with Gasteiger partial charge in [0.1, 0.15) is 5.01 Å². The molecule has 0 saturated carbocycles. The van der Waals surface area contributed by atoms with E-state index in [0.717, 1.165) is 27.4 Å². The van der Waals surface area contributed by atoms with Gasteiger partial charge in [0.25, 0.3) is 0 Å². The minimum atomic E-state index is 0.424. The Labute approximate surface area is 138 Å². The molecule has 4 heteroatoms. The van der Waals surface area contributed by atoms with E-state index in [-0.39, 0.29) is 0 Å². The van der Waals surface area contributed by atoms with Crippen molar-refractivity contribution >= 4 is 34.6 Å². The fourth-order valence-corrected chi connectivity index (χ4v) is 3.20. The fraction of sp³-hybridized carbons (Fsp3) is 0.0556. The molecule has 2 N–H and O–H groups in total. The van der Waals surface area contributed by atoms with E-state index in [0.29, 0.717) is 11.6 Å². The highest BCUT2D eigenvalue weighted by atomic mass is 35.5. The van der Waals surface area contributed by atoms with Crippen LogP contribution in [0, 0.1) is 0 Å². The summed E-state index contributed by atoms with van der Waals surface area (Å²) < 4.78 is 0. The first-order valence-corrected chi connectivity index (χ1v) is 8.20. The molecule has 1 heterocycles. The number of hydrogen-bond donors (Lipinski definition) is 1. The first-order valence-electron chi connectivity index (χ1n) is 6.94. The molecule has 0 radical (unpaired) electrons. The molecule has 0 aliphatic heterocycles. The number of hydrogen-bond acceptors (Lipinski definition) is 3. The van der Waals surface area contributed by atoms with E-state index >= 15 is 0 Å². The molecule has 3 aromatic rings. The molecule has 3 rings (SSSR count). The lowest BCUT2D eigenvalue weighted by Gasteiger charge is -2.03. The van der Waals surface area contributed by atoms with Crippen LogP contribution in [0.2, 0.25) is 5.02 Å². The largest absolute Gasteiger partial charge is 0.326 e. The van der Waals surface area contributed by atoms with Crippen molar-refractivity contribution in [2.45, 2.75) is 0 Å². The van der Waals surface area contributed by atoms with Gasteiger partial charge in [-0.15, -0.1) is 11.3 Å². The van der Waals surface area contributed by atoms with Crippen LogP contribution < -0.4 is 5.73 Å². The second-order valence-corrected chi connectivity index (χ2v) is 6.06. The van der Waals surface area contributed by atoms with Crippen molar-refractivity contribution in [3.8, 4) is 11.3 Å². The Kier molecular flexibility index (Phi) is 4.68. The molecule has 0 saturated heterocycles. The van der Waals surface area contributed by atoms with Crippen LogP contribution in [0.15, 0.2) is 60.0 Å². The maximum atomic E-state index is 6.21. The Hall–Kier alpha value is -1.94. The first kappa shape index (κ1) is 15.0. The third-order valence-electron chi connectivity index (χ3n) is 3.30. The molecule has 1 aromatic heterocycles. The van der Waals surface area contributed by atoms with Gasteiger partial charge in [0.2, 0.25) is 0 Å². The summed E-state index contributed by atoms with van der Waals surface area (Å²) in [6, 6.07) is 17.9. The van der Waals surface area contributed by atoms with Crippen molar-refractivity contribution in [3.63, 3.8) is 0 Å². The van der Waals surface area contributed by atoms with Crippen LogP contribution in [0.25, 0.3) is 22.9 Å². The molecule has 0 spiro atoms. The summed E-state index contributed by atoms with van der Waals surface area (Å²) in [6.45, 7) is 0.424. The van der Waals surface area contributed by atoms with E-state index in [2.05, 4.69) is 17.5 Å². The lowest BCUT2D eigenvalue weighted by Crippen LogP contribution is -2.02. The van der Waals surface area contributed by atoms with E-state index in [1.165, 1.54) is 0 Å². The third-order valence-corrected chi connectivity index (χ3v) is 4.57. The number of thiazole rings is 1. The van der Waals surface area contributed by atoms with Crippen LogP contribution in [0.5, 0.6) is 0 Å². The number of halogens is 1. The van der Waals surface area contributed by atoms with Crippen molar-refractivity contribution < 1.29 is 0 Å². The summed E-state index contributed by atoms with van der Waals surface area (Å²) in [6.07, 6.45) is 2.01. The molecule has 2 aromatic carbocycles. The predicted molar refractivity (Wildman–Crippen MR) is 95.9 cm³/mol. The maximum Gasteiger partial charge on any atom is 0.121 e. The molecule has 110 valence electrons. The lowest BCUT2D eigenvalue weighted by atomic mass is 10.1. The fourth-order valence-electron chi connectivity index (χ4n) is 2.15. The van der Waals surface area contributed by atoms with Gasteiger partial charge in [0.15, 0.2) is 0 Å². The van der Waals surface area contributed by atoms with Crippen LogP contribution in [0.4, 0.5) is 0 Å². The highest BCUT2D eigenvalue weighted by Crippen LogP contribution is 2.28. The highest BCUT2D eigenvalue weighted by molar-refractivity contribution is 7.11. The van der Waals surface area contributed by atoms with Crippen LogP contribution in [0.3, 0.4) is 0 Å². The number of benzene rings is 2. The summed E-state index contributed by atoms with van der Waals surface area (Å²) in [5, 5.41) is 3.70. The van der Waals surface area contributed by atoms with E-state index in [9.17, 15) is 0 Å². The lowest BCUT2D eigenvalue weighted by molar-refractivity contribution is 1.25. The van der Waals surface area contributed by atoms with Gasteiger partial charge in [-0.1, -0.05) is 60.1 Å². The van der Waals surface area contributed by atoms with Gasteiger partial charge in [-0.2, -0.15) is 0 Å². The summed E-state index contributed by atoms with van der Waals surface area (Å²) in [5.74, 6) is 0. The van der Waals surface area contributed by atoms with Gasteiger partial charge in [0.05, 0.1) is 5.69 Å². The maximum absolute atomic E-state index is 6.21. The van der Waals surface area contributed by atoms with Gasteiger partial charge in [-0.05, 0) is 17.7 Å². The van der Waals surface area contributed by atoms with Crippen LogP contribution in [0.1, 0.15) is 10.6 Å². The molecule has 0 unspecified atom stereocenters. The van der Waals surface area contributed by atoms with E-state index < -0.39 is 0 Å². The monoisotopic (exact) mass is 326 g/mol. The van der Waals surface area contributed by atoms with Crippen molar-refractivity contribution in [2.24, 2.45) is 5.73 Å². The quantitative estimate of drug-likeness (QED) is 0.735. The standard InChI is InChI=1S/C18H15ClN2S/c19-16-9-5-4-8-14(16)10-15(11-20)18-21-17(12-22-18)13-6-2-1-3-7-13/h1-10,12H,11,20H2/b15-10+. The molecule has 0 aliphatic carbocycles. The number of aromatic nitrogens is 1. The molecule has 22 heavy (non-hydrogen) atoms. The van der Waals surface area contributed by atoms with Gasteiger partial charge < -0.3 is 5.73 Å². The zero-order chi connectivity index (χ0) is 15.4. The SMILES string of the molecule is NC/C(=C\c1ccccc1Cl)c1nc(-c2ccccc2)cs1. The van der Waals surface area contributed by atoms with E-state index in [1.54, 1.807) is 11.3 Å². The molecule has 2 nitrogen and oxygen atoms in total. The molecular formula is C18H15ClN2S. The Morgan fingerprint density at radius 2 is 1.82 bits per heavy atom. The summed E-state index contributed by atoms with van der Waals surface area (Å²) in [5.41, 5.74) is 9.93. The minimum Gasteiger partial charge on any atom is -0.326 e. The average molecular weight is 327 g/mol. The highest BCUT2D eigenvalue weighted by Gasteiger charge is 2.08. The molecule has 0 bridgehead atoms. The van der Waals surface area contributed by atoms with Crippen molar-refractivity contribution in [2.75, 3.05) is 6.54 Å². The molecule has 0 fully saturated rings. The van der Waals surface area contributed by atoms with Crippen LogP contribution >= 0.6 is 22.9 Å². The second-order valence-electron chi connectivity index (χ2n) is 4.80. The topological polar surface area (TPSA) is 38.9 Å². The summed E-state index contributed by atoms with van der Waals surface area (Å²) >= 11 is 7.81. The van der Waals surface area contributed by atoms with Gasteiger partial charge in [-0.3, -0.25) is 0 Å².